The first-order chi connectivity index (χ1) is 7.09. The molecule has 0 fully saturated rings. The molecular formula is C14H18O. The van der Waals surface area contributed by atoms with Crippen molar-refractivity contribution in [2.24, 2.45) is 5.92 Å². The van der Waals surface area contributed by atoms with Crippen LogP contribution in [0.15, 0.2) is 24.3 Å². The van der Waals surface area contributed by atoms with Crippen molar-refractivity contribution in [1.82, 2.24) is 0 Å². The molecule has 1 heteroatoms. The van der Waals surface area contributed by atoms with E-state index in [4.69, 9.17) is 0 Å². The van der Waals surface area contributed by atoms with Crippen LogP contribution in [0.3, 0.4) is 0 Å². The zero-order chi connectivity index (χ0) is 11.0. The van der Waals surface area contributed by atoms with Crippen molar-refractivity contribution in [2.45, 2.75) is 33.1 Å². The fraction of sp³-hybridized carbons (Fsp3) is 0.429. The van der Waals surface area contributed by atoms with E-state index in [1.54, 1.807) is 0 Å². The number of allylic oxidation sites excluding steroid dienone is 1. The van der Waals surface area contributed by atoms with Crippen LogP contribution in [-0.2, 0) is 12.8 Å². The zero-order valence-electron chi connectivity index (χ0n) is 9.51. The van der Waals surface area contributed by atoms with Gasteiger partial charge in [-0.05, 0) is 61.8 Å². The molecule has 80 valence electrons. The van der Waals surface area contributed by atoms with Crippen LogP contribution in [0.4, 0.5) is 0 Å². The highest BCUT2D eigenvalue weighted by Gasteiger charge is 2.21. The van der Waals surface area contributed by atoms with Gasteiger partial charge in [0.1, 0.15) is 5.75 Å². The van der Waals surface area contributed by atoms with Gasteiger partial charge in [0, 0.05) is 0 Å². The van der Waals surface area contributed by atoms with Crippen LogP contribution in [0.2, 0.25) is 0 Å². The highest BCUT2D eigenvalue weighted by atomic mass is 16.3. The molecule has 0 aromatic heterocycles. The maximum atomic E-state index is 9.68. The second-order valence-electron chi connectivity index (χ2n) is 4.63. The van der Waals surface area contributed by atoms with Gasteiger partial charge in [-0.1, -0.05) is 18.2 Å². The molecule has 0 saturated carbocycles. The Bertz CT molecular complexity index is 404. The molecule has 1 aliphatic rings. The molecule has 15 heavy (non-hydrogen) atoms. The number of benzene rings is 1. The maximum Gasteiger partial charge on any atom is 0.118 e. The Morgan fingerprint density at radius 3 is 2.87 bits per heavy atom. The lowest BCUT2D eigenvalue weighted by atomic mass is 9.79. The van der Waals surface area contributed by atoms with Crippen molar-refractivity contribution in [3.05, 3.63) is 41.0 Å². The number of aryl methyl sites for hydroxylation is 1. The van der Waals surface area contributed by atoms with Crippen molar-refractivity contribution in [3.63, 3.8) is 0 Å². The number of phenols is 1. The number of phenolic OH excluding ortho intramolecular Hbond substituents is 1. The molecule has 1 nitrogen and oxygen atoms in total. The van der Waals surface area contributed by atoms with Crippen molar-refractivity contribution >= 4 is 0 Å². The summed E-state index contributed by atoms with van der Waals surface area (Å²) in [6, 6.07) is 3.88. The van der Waals surface area contributed by atoms with E-state index in [2.05, 4.69) is 19.6 Å². The molecule has 1 atom stereocenters. The molecule has 0 saturated heterocycles. The monoisotopic (exact) mass is 202 g/mol. The Labute approximate surface area is 91.4 Å². The van der Waals surface area contributed by atoms with Gasteiger partial charge in [-0.25, -0.2) is 0 Å². The van der Waals surface area contributed by atoms with Crippen molar-refractivity contribution in [2.75, 3.05) is 0 Å². The van der Waals surface area contributed by atoms with Crippen LogP contribution in [0.25, 0.3) is 0 Å². The van der Waals surface area contributed by atoms with Crippen LogP contribution in [-0.4, -0.2) is 5.11 Å². The maximum absolute atomic E-state index is 9.68. The van der Waals surface area contributed by atoms with Crippen molar-refractivity contribution in [1.29, 1.82) is 0 Å². The van der Waals surface area contributed by atoms with E-state index >= 15 is 0 Å². The number of fused-ring (bicyclic) bond motifs is 1. The molecule has 0 amide bonds. The van der Waals surface area contributed by atoms with Gasteiger partial charge in [-0.3, -0.25) is 0 Å². The van der Waals surface area contributed by atoms with Gasteiger partial charge < -0.3 is 5.11 Å². The Kier molecular flexibility index (Phi) is 2.56. The topological polar surface area (TPSA) is 20.2 Å². The SMILES string of the molecule is C=C(C)C1CCc2ccc(O)c(C)c2C1. The summed E-state index contributed by atoms with van der Waals surface area (Å²) in [4.78, 5) is 0. The van der Waals surface area contributed by atoms with Gasteiger partial charge in [0.15, 0.2) is 0 Å². The summed E-state index contributed by atoms with van der Waals surface area (Å²) in [6.45, 7) is 8.16. The summed E-state index contributed by atoms with van der Waals surface area (Å²) < 4.78 is 0. The fourth-order valence-electron chi connectivity index (χ4n) is 2.42. The molecule has 0 radical (unpaired) electrons. The third kappa shape index (κ3) is 1.79. The van der Waals surface area contributed by atoms with Crippen LogP contribution in [0, 0.1) is 12.8 Å². The summed E-state index contributed by atoms with van der Waals surface area (Å²) in [5, 5.41) is 9.68. The van der Waals surface area contributed by atoms with E-state index < -0.39 is 0 Å². The van der Waals surface area contributed by atoms with Gasteiger partial charge in [0.25, 0.3) is 0 Å². The van der Waals surface area contributed by atoms with E-state index in [0.29, 0.717) is 11.7 Å². The van der Waals surface area contributed by atoms with Gasteiger partial charge in [-0.2, -0.15) is 0 Å². The molecule has 0 aliphatic heterocycles. The van der Waals surface area contributed by atoms with E-state index in [9.17, 15) is 5.11 Å². The summed E-state index contributed by atoms with van der Waals surface area (Å²) in [5.41, 5.74) is 5.07. The van der Waals surface area contributed by atoms with E-state index in [1.807, 2.05) is 13.0 Å². The van der Waals surface area contributed by atoms with E-state index in [0.717, 1.165) is 18.4 Å². The predicted molar refractivity (Wildman–Crippen MR) is 63.2 cm³/mol. The van der Waals surface area contributed by atoms with Gasteiger partial charge in [-0.15, -0.1) is 0 Å². The number of aromatic hydroxyl groups is 1. The molecule has 0 spiro atoms. The minimum absolute atomic E-state index is 0.427. The normalized spacial score (nSPS) is 19.7. The van der Waals surface area contributed by atoms with Gasteiger partial charge in [0.05, 0.1) is 0 Å². The zero-order valence-corrected chi connectivity index (χ0v) is 9.51. The van der Waals surface area contributed by atoms with Crippen LogP contribution in [0.5, 0.6) is 5.75 Å². The fourth-order valence-corrected chi connectivity index (χ4v) is 2.42. The number of hydrogen-bond acceptors (Lipinski definition) is 1. The molecule has 2 rings (SSSR count). The molecule has 1 aromatic rings. The molecule has 0 heterocycles. The summed E-state index contributed by atoms with van der Waals surface area (Å²) in [6.07, 6.45) is 3.37. The van der Waals surface area contributed by atoms with Crippen molar-refractivity contribution in [3.8, 4) is 5.75 Å². The second kappa shape index (κ2) is 3.73. The lowest BCUT2D eigenvalue weighted by molar-refractivity contribution is 0.464. The molecule has 1 aliphatic carbocycles. The standard InChI is InChI=1S/C14H18O/c1-9(2)12-5-4-11-6-7-14(15)10(3)13(11)8-12/h6-7,12,15H,1,4-5,8H2,2-3H3. The first-order valence-electron chi connectivity index (χ1n) is 5.55. The third-order valence-corrected chi connectivity index (χ3v) is 3.58. The number of rotatable bonds is 1. The van der Waals surface area contributed by atoms with Crippen LogP contribution >= 0.6 is 0 Å². The smallest absolute Gasteiger partial charge is 0.118 e. The highest BCUT2D eigenvalue weighted by Crippen LogP contribution is 2.34. The average molecular weight is 202 g/mol. The minimum Gasteiger partial charge on any atom is -0.508 e. The highest BCUT2D eigenvalue weighted by molar-refractivity contribution is 5.45. The first kappa shape index (κ1) is 10.3. The molecular weight excluding hydrogens is 184 g/mol. The number of hydrogen-bond donors (Lipinski definition) is 1. The van der Waals surface area contributed by atoms with E-state index in [1.165, 1.54) is 23.1 Å². The van der Waals surface area contributed by atoms with Crippen LogP contribution < -0.4 is 0 Å². The molecule has 1 aromatic carbocycles. The van der Waals surface area contributed by atoms with Gasteiger partial charge >= 0.3 is 0 Å². The lowest BCUT2D eigenvalue weighted by Gasteiger charge is -2.26. The average Bonchev–Trinajstić information content (AvgIpc) is 2.23. The van der Waals surface area contributed by atoms with Gasteiger partial charge in [0.2, 0.25) is 0 Å². The second-order valence-corrected chi connectivity index (χ2v) is 4.63. The Balaban J connectivity index is 2.39. The summed E-state index contributed by atoms with van der Waals surface area (Å²) in [7, 11) is 0. The largest absolute Gasteiger partial charge is 0.508 e. The van der Waals surface area contributed by atoms with Crippen LogP contribution in [0.1, 0.15) is 30.0 Å². The summed E-state index contributed by atoms with van der Waals surface area (Å²) >= 11 is 0. The summed E-state index contributed by atoms with van der Waals surface area (Å²) in [5.74, 6) is 1.02. The Hall–Kier alpha value is -1.24. The molecule has 0 bridgehead atoms. The molecule has 1 unspecified atom stereocenters. The van der Waals surface area contributed by atoms with Crippen molar-refractivity contribution < 1.29 is 5.11 Å². The third-order valence-electron chi connectivity index (χ3n) is 3.58. The Morgan fingerprint density at radius 1 is 1.47 bits per heavy atom. The molecule has 1 N–H and O–H groups in total. The van der Waals surface area contributed by atoms with E-state index in [-0.39, 0.29) is 0 Å². The minimum atomic E-state index is 0.427. The Morgan fingerprint density at radius 2 is 2.20 bits per heavy atom. The predicted octanol–water partition coefficient (Wildman–Crippen LogP) is 3.38. The quantitative estimate of drug-likeness (QED) is 0.692. The lowest BCUT2D eigenvalue weighted by Crippen LogP contribution is -2.16. The first-order valence-corrected chi connectivity index (χ1v) is 5.55.